The molecule has 0 aromatic heterocycles. The van der Waals surface area contributed by atoms with Crippen molar-refractivity contribution in [3.05, 3.63) is 64.7 Å². The Labute approximate surface area is 201 Å². The van der Waals surface area contributed by atoms with Gasteiger partial charge in [0.05, 0.1) is 18.5 Å². The van der Waals surface area contributed by atoms with Gasteiger partial charge in [-0.15, -0.1) is 0 Å². The van der Waals surface area contributed by atoms with Gasteiger partial charge in [0, 0.05) is 29.7 Å². The Bertz CT molecular complexity index is 1230. The zero-order valence-electron chi connectivity index (χ0n) is 19.1. The number of carbonyl (C=O) groups is 3. The van der Waals surface area contributed by atoms with Crippen molar-refractivity contribution < 1.29 is 27.9 Å². The lowest BCUT2D eigenvalue weighted by molar-refractivity contribution is -0.137. The summed E-state index contributed by atoms with van der Waals surface area (Å²) in [6.45, 7) is 0.553. The molecule has 4 aliphatic rings. The van der Waals surface area contributed by atoms with Crippen LogP contribution in [-0.2, 0) is 28.1 Å². The molecule has 2 atom stereocenters. The van der Waals surface area contributed by atoms with Crippen LogP contribution < -0.4 is 10.1 Å². The van der Waals surface area contributed by atoms with Gasteiger partial charge in [-0.1, -0.05) is 36.4 Å². The van der Waals surface area contributed by atoms with E-state index in [-0.39, 0.29) is 50.8 Å². The molecule has 1 N–H and O–H groups in total. The number of ether oxygens (including phenoxy) is 1. The normalized spacial score (nSPS) is 27.5. The number of rotatable bonds is 3. The average Bonchev–Trinajstić information content (AvgIpc) is 3.36. The van der Waals surface area contributed by atoms with Crippen molar-refractivity contribution in [3.8, 4) is 5.75 Å². The highest BCUT2D eigenvalue weighted by Gasteiger charge is 2.62. The Morgan fingerprint density at radius 1 is 1.09 bits per heavy atom. The van der Waals surface area contributed by atoms with Gasteiger partial charge >= 0.3 is 0 Å². The number of benzene rings is 2. The van der Waals surface area contributed by atoms with Crippen LogP contribution >= 0.6 is 0 Å². The first-order valence-corrected chi connectivity index (χ1v) is 11.9. The summed E-state index contributed by atoms with van der Waals surface area (Å²) in [4.78, 5) is 40.1. The van der Waals surface area contributed by atoms with Crippen molar-refractivity contribution >= 4 is 17.7 Å². The van der Waals surface area contributed by atoms with E-state index in [0.717, 1.165) is 5.56 Å². The maximum Gasteiger partial charge on any atom is 0.273 e. The van der Waals surface area contributed by atoms with E-state index < -0.39 is 23.3 Å². The van der Waals surface area contributed by atoms with Gasteiger partial charge in [0.1, 0.15) is 18.4 Å². The molecule has 2 saturated heterocycles. The molecule has 0 radical (unpaired) electrons. The van der Waals surface area contributed by atoms with E-state index in [2.05, 4.69) is 5.32 Å². The second kappa shape index (κ2) is 7.84. The number of nitrogens with zero attached hydrogens (tertiary/aromatic N) is 2. The molecule has 35 heavy (non-hydrogen) atoms. The largest absolute Gasteiger partial charge is 0.492 e. The molecule has 4 heterocycles. The first-order chi connectivity index (χ1) is 16.8. The average molecular weight is 481 g/mol. The van der Waals surface area contributed by atoms with Gasteiger partial charge < -0.3 is 9.64 Å². The van der Waals surface area contributed by atoms with Gasteiger partial charge in [0.2, 0.25) is 11.8 Å². The minimum Gasteiger partial charge on any atom is -0.492 e. The number of carbonyl (C=O) groups excluding carboxylic acids is 3. The number of hydrogen-bond acceptors (Lipinski definition) is 5. The van der Waals surface area contributed by atoms with Crippen molar-refractivity contribution in [2.24, 2.45) is 0 Å². The molecule has 6 rings (SSSR count). The minimum atomic E-state index is -3.02. The lowest BCUT2D eigenvalue weighted by Crippen LogP contribution is -2.58. The van der Waals surface area contributed by atoms with E-state index in [9.17, 15) is 14.4 Å². The molecule has 0 bridgehead atoms. The Kier molecular flexibility index (Phi) is 4.96. The summed E-state index contributed by atoms with van der Waals surface area (Å²) in [7, 11) is 0. The number of imide groups is 1. The fourth-order valence-corrected chi connectivity index (χ4v) is 5.96. The fourth-order valence-electron chi connectivity index (χ4n) is 5.96. The fraction of sp³-hybridized carbons (Fsp3) is 0.423. The Morgan fingerprint density at radius 3 is 2.63 bits per heavy atom. The molecule has 2 aromatic rings. The standard InChI is InChI=1S/C26H25F2N3O4/c27-26(28)14-30(12-16-4-2-1-3-5-16)11-10-25(26)15-35-22-18-13-31(20-8-9-21(32)29-23(20)33)24(34)17(18)6-7-19(22)25/h1-7,20H,8-15H2,(H,29,32,33). The number of nitrogens with one attached hydrogen (secondary N) is 1. The molecular weight excluding hydrogens is 456 g/mol. The number of piperidine rings is 2. The van der Waals surface area contributed by atoms with Crippen molar-refractivity contribution in [1.29, 1.82) is 0 Å². The van der Waals surface area contributed by atoms with Crippen LogP contribution in [0.3, 0.4) is 0 Å². The molecule has 9 heteroatoms. The monoisotopic (exact) mass is 481 g/mol. The highest BCUT2D eigenvalue weighted by molar-refractivity contribution is 6.05. The summed E-state index contributed by atoms with van der Waals surface area (Å²) in [5.41, 5.74) is 0.910. The maximum absolute atomic E-state index is 15.8. The van der Waals surface area contributed by atoms with Gasteiger partial charge in [-0.2, -0.15) is 0 Å². The Hall–Kier alpha value is -3.33. The van der Waals surface area contributed by atoms with Crippen LogP contribution in [0.15, 0.2) is 42.5 Å². The Morgan fingerprint density at radius 2 is 1.89 bits per heavy atom. The number of amides is 3. The van der Waals surface area contributed by atoms with Gasteiger partial charge in [0.25, 0.3) is 11.8 Å². The number of fused-ring (bicyclic) bond motifs is 4. The molecule has 1 spiro atoms. The quantitative estimate of drug-likeness (QED) is 0.682. The molecule has 2 fully saturated rings. The summed E-state index contributed by atoms with van der Waals surface area (Å²) in [6.07, 6.45) is 0.635. The van der Waals surface area contributed by atoms with E-state index >= 15 is 8.78 Å². The predicted molar refractivity (Wildman–Crippen MR) is 121 cm³/mol. The van der Waals surface area contributed by atoms with Crippen molar-refractivity contribution in [3.63, 3.8) is 0 Å². The molecule has 7 nitrogen and oxygen atoms in total. The number of halogens is 2. The van der Waals surface area contributed by atoms with E-state index in [1.54, 1.807) is 17.0 Å². The molecular formula is C26H25F2N3O4. The van der Waals surface area contributed by atoms with Crippen LogP contribution in [-0.4, -0.2) is 59.2 Å². The Balaban J connectivity index is 1.27. The second-order valence-corrected chi connectivity index (χ2v) is 9.89. The van der Waals surface area contributed by atoms with Crippen LogP contribution in [0.2, 0.25) is 0 Å². The number of alkyl halides is 2. The minimum absolute atomic E-state index is 0.103. The summed E-state index contributed by atoms with van der Waals surface area (Å²) < 4.78 is 37.5. The molecule has 0 saturated carbocycles. The highest BCUT2D eigenvalue weighted by Crippen LogP contribution is 2.55. The van der Waals surface area contributed by atoms with Crippen LogP contribution in [0.25, 0.3) is 0 Å². The third-order valence-electron chi connectivity index (χ3n) is 7.87. The summed E-state index contributed by atoms with van der Waals surface area (Å²) >= 11 is 0. The lowest BCUT2D eigenvalue weighted by Gasteiger charge is -2.44. The highest BCUT2D eigenvalue weighted by atomic mass is 19.3. The van der Waals surface area contributed by atoms with Gasteiger partial charge in [-0.25, -0.2) is 8.78 Å². The maximum atomic E-state index is 15.8. The topological polar surface area (TPSA) is 79.0 Å². The first-order valence-electron chi connectivity index (χ1n) is 11.9. The summed E-state index contributed by atoms with van der Waals surface area (Å²) in [6, 6.07) is 12.0. The van der Waals surface area contributed by atoms with Crippen molar-refractivity contribution in [1.82, 2.24) is 15.1 Å². The van der Waals surface area contributed by atoms with Crippen LogP contribution in [0, 0.1) is 0 Å². The second-order valence-electron chi connectivity index (χ2n) is 9.89. The summed E-state index contributed by atoms with van der Waals surface area (Å²) in [5.74, 6) is -3.88. The van der Waals surface area contributed by atoms with Crippen molar-refractivity contribution in [2.75, 3.05) is 19.7 Å². The predicted octanol–water partition coefficient (Wildman–Crippen LogP) is 2.62. The SMILES string of the molecule is O=C1CCC(N2Cc3c(ccc4c3OCC43CCN(Cc4ccccc4)CC3(F)F)C2=O)C(=O)N1. The van der Waals surface area contributed by atoms with Gasteiger partial charge in [0.15, 0.2) is 0 Å². The van der Waals surface area contributed by atoms with E-state index in [1.165, 1.54) is 4.90 Å². The van der Waals surface area contributed by atoms with E-state index in [4.69, 9.17) is 4.74 Å². The van der Waals surface area contributed by atoms with Crippen LogP contribution in [0.1, 0.15) is 46.3 Å². The molecule has 2 unspecified atom stereocenters. The van der Waals surface area contributed by atoms with Gasteiger partial charge in [-0.3, -0.25) is 24.6 Å². The third kappa shape index (κ3) is 3.36. The van der Waals surface area contributed by atoms with Gasteiger partial charge in [-0.05, 0) is 31.0 Å². The molecule has 4 aliphatic heterocycles. The number of hydrogen-bond donors (Lipinski definition) is 1. The lowest BCUT2D eigenvalue weighted by atomic mass is 9.71. The zero-order chi connectivity index (χ0) is 24.4. The number of likely N-dealkylation sites (tertiary alicyclic amines) is 1. The smallest absolute Gasteiger partial charge is 0.273 e. The van der Waals surface area contributed by atoms with Crippen LogP contribution in [0.5, 0.6) is 5.75 Å². The van der Waals surface area contributed by atoms with Crippen LogP contribution in [0.4, 0.5) is 8.78 Å². The third-order valence-corrected chi connectivity index (χ3v) is 7.87. The summed E-state index contributed by atoms with van der Waals surface area (Å²) in [5, 5.41) is 2.28. The van der Waals surface area contributed by atoms with E-state index in [1.807, 2.05) is 30.3 Å². The molecule has 0 aliphatic carbocycles. The van der Waals surface area contributed by atoms with Crippen molar-refractivity contribution in [2.45, 2.75) is 49.7 Å². The first kappa shape index (κ1) is 22.2. The van der Waals surface area contributed by atoms with E-state index in [0.29, 0.717) is 35.5 Å². The zero-order valence-corrected chi connectivity index (χ0v) is 19.1. The molecule has 3 amide bonds. The molecule has 182 valence electrons. The molecule has 2 aromatic carbocycles.